The van der Waals surface area contributed by atoms with Gasteiger partial charge in [0.2, 0.25) is 0 Å². The Bertz CT molecular complexity index is 197. The second-order valence-electron chi connectivity index (χ2n) is 5.64. The van der Waals surface area contributed by atoms with Gasteiger partial charge in [-0.05, 0) is 66.6 Å². The Morgan fingerprint density at radius 3 is 2.76 bits per heavy atom. The molecule has 3 heteroatoms. The summed E-state index contributed by atoms with van der Waals surface area (Å²) in [5.74, 6) is 0. The monoisotopic (exact) mass is 242 g/mol. The van der Waals surface area contributed by atoms with E-state index < -0.39 is 0 Å². The summed E-state index contributed by atoms with van der Waals surface area (Å²) in [7, 11) is 2.21. The van der Waals surface area contributed by atoms with Crippen LogP contribution in [0.2, 0.25) is 0 Å². The molecule has 0 amide bonds. The third-order valence-electron chi connectivity index (χ3n) is 3.74. The lowest BCUT2D eigenvalue weighted by Gasteiger charge is -2.28. The van der Waals surface area contributed by atoms with Gasteiger partial charge in [-0.25, -0.2) is 0 Å². The van der Waals surface area contributed by atoms with Crippen LogP contribution in [0.25, 0.3) is 0 Å². The van der Waals surface area contributed by atoms with Crippen molar-refractivity contribution in [3.8, 4) is 0 Å². The summed E-state index contributed by atoms with van der Waals surface area (Å²) < 4.78 is 5.55. The molecule has 1 aliphatic heterocycles. The van der Waals surface area contributed by atoms with E-state index in [0.29, 0.717) is 18.2 Å². The molecule has 0 spiro atoms. The van der Waals surface area contributed by atoms with Gasteiger partial charge in [-0.3, -0.25) is 0 Å². The van der Waals surface area contributed by atoms with Crippen LogP contribution in [0.1, 0.15) is 46.5 Å². The van der Waals surface area contributed by atoms with E-state index in [2.05, 4.69) is 38.0 Å². The van der Waals surface area contributed by atoms with E-state index in [1.807, 2.05) is 0 Å². The molecular formula is C14H30N2O. The van der Waals surface area contributed by atoms with Crippen molar-refractivity contribution >= 4 is 0 Å². The normalized spacial score (nSPS) is 25.8. The summed E-state index contributed by atoms with van der Waals surface area (Å²) in [5, 5.41) is 3.66. The van der Waals surface area contributed by atoms with Gasteiger partial charge >= 0.3 is 0 Å². The Hall–Kier alpha value is -0.120. The fraction of sp³-hybridized carbons (Fsp3) is 1.00. The molecule has 0 aromatic heterocycles. The summed E-state index contributed by atoms with van der Waals surface area (Å²) >= 11 is 0. The van der Waals surface area contributed by atoms with E-state index in [1.54, 1.807) is 0 Å². The molecule has 0 saturated carbocycles. The summed E-state index contributed by atoms with van der Waals surface area (Å²) in [6.45, 7) is 9.97. The minimum atomic E-state index is 0.438. The molecule has 2 unspecified atom stereocenters. The van der Waals surface area contributed by atoms with Crippen LogP contribution in [-0.2, 0) is 4.74 Å². The van der Waals surface area contributed by atoms with E-state index in [0.717, 1.165) is 13.2 Å². The van der Waals surface area contributed by atoms with Gasteiger partial charge in [-0.2, -0.15) is 0 Å². The molecule has 0 aliphatic carbocycles. The first kappa shape index (κ1) is 14.9. The smallest absolute Gasteiger partial charge is 0.0561 e. The van der Waals surface area contributed by atoms with Gasteiger partial charge < -0.3 is 15.0 Å². The van der Waals surface area contributed by atoms with Gasteiger partial charge in [0.1, 0.15) is 0 Å². The Labute approximate surface area is 107 Å². The van der Waals surface area contributed by atoms with Crippen LogP contribution in [-0.4, -0.2) is 49.8 Å². The van der Waals surface area contributed by atoms with Gasteiger partial charge in [-0.1, -0.05) is 0 Å². The first-order valence-electron chi connectivity index (χ1n) is 7.15. The van der Waals surface area contributed by atoms with Crippen LogP contribution in [0.5, 0.6) is 0 Å². The van der Waals surface area contributed by atoms with Crippen molar-refractivity contribution in [2.45, 2.75) is 64.6 Å². The molecule has 1 N–H and O–H groups in total. The van der Waals surface area contributed by atoms with Crippen LogP contribution < -0.4 is 5.32 Å². The molecule has 0 aromatic carbocycles. The Morgan fingerprint density at radius 2 is 2.12 bits per heavy atom. The van der Waals surface area contributed by atoms with Gasteiger partial charge in [-0.15, -0.1) is 0 Å². The molecule has 102 valence electrons. The van der Waals surface area contributed by atoms with Crippen molar-refractivity contribution in [1.29, 1.82) is 0 Å². The lowest BCUT2D eigenvalue weighted by molar-refractivity contribution is 0.0133. The SMILES string of the molecule is CC1CC(NCCCCN(C)C(C)C)CCO1. The molecule has 0 bridgehead atoms. The fourth-order valence-corrected chi connectivity index (χ4v) is 2.23. The molecular weight excluding hydrogens is 212 g/mol. The van der Waals surface area contributed by atoms with E-state index in [1.165, 1.54) is 32.2 Å². The highest BCUT2D eigenvalue weighted by Crippen LogP contribution is 2.13. The fourth-order valence-electron chi connectivity index (χ4n) is 2.23. The van der Waals surface area contributed by atoms with Gasteiger partial charge in [0, 0.05) is 18.7 Å². The predicted octanol–water partition coefficient (Wildman–Crippen LogP) is 2.26. The number of nitrogens with zero attached hydrogens (tertiary/aromatic N) is 1. The van der Waals surface area contributed by atoms with Crippen molar-refractivity contribution in [3.63, 3.8) is 0 Å². The van der Waals surface area contributed by atoms with E-state index in [4.69, 9.17) is 4.74 Å². The predicted molar refractivity (Wildman–Crippen MR) is 73.4 cm³/mol. The Morgan fingerprint density at radius 1 is 1.35 bits per heavy atom. The maximum atomic E-state index is 5.55. The molecule has 1 saturated heterocycles. The minimum absolute atomic E-state index is 0.438. The molecule has 1 heterocycles. The van der Waals surface area contributed by atoms with Crippen LogP contribution in [0.15, 0.2) is 0 Å². The maximum Gasteiger partial charge on any atom is 0.0561 e. The summed E-state index contributed by atoms with van der Waals surface area (Å²) in [6, 6.07) is 1.35. The van der Waals surface area contributed by atoms with Gasteiger partial charge in [0.15, 0.2) is 0 Å². The highest BCUT2D eigenvalue weighted by atomic mass is 16.5. The van der Waals surface area contributed by atoms with Crippen LogP contribution >= 0.6 is 0 Å². The summed E-state index contributed by atoms with van der Waals surface area (Å²) in [5.41, 5.74) is 0. The molecule has 0 aromatic rings. The number of rotatable bonds is 7. The Kier molecular flexibility index (Phi) is 7.09. The lowest BCUT2D eigenvalue weighted by Crippen LogP contribution is -2.38. The molecule has 3 nitrogen and oxygen atoms in total. The second-order valence-corrected chi connectivity index (χ2v) is 5.64. The molecule has 1 aliphatic rings. The third kappa shape index (κ3) is 6.39. The third-order valence-corrected chi connectivity index (χ3v) is 3.74. The first-order chi connectivity index (χ1) is 8.09. The van der Waals surface area contributed by atoms with Crippen molar-refractivity contribution in [2.24, 2.45) is 0 Å². The van der Waals surface area contributed by atoms with Crippen molar-refractivity contribution < 1.29 is 4.74 Å². The molecule has 1 rings (SSSR count). The second kappa shape index (κ2) is 8.06. The van der Waals surface area contributed by atoms with E-state index in [9.17, 15) is 0 Å². The number of hydrogen-bond donors (Lipinski definition) is 1. The average Bonchev–Trinajstić information content (AvgIpc) is 2.28. The number of ether oxygens (including phenoxy) is 1. The summed E-state index contributed by atoms with van der Waals surface area (Å²) in [6.07, 6.45) is 5.36. The molecule has 17 heavy (non-hydrogen) atoms. The lowest BCUT2D eigenvalue weighted by atomic mass is 10.0. The number of hydrogen-bond acceptors (Lipinski definition) is 3. The molecule has 2 atom stereocenters. The number of nitrogens with one attached hydrogen (secondary N) is 1. The summed E-state index contributed by atoms with van der Waals surface area (Å²) in [4.78, 5) is 2.41. The highest BCUT2D eigenvalue weighted by molar-refractivity contribution is 4.74. The standard InChI is InChI=1S/C14H30N2O/c1-12(2)16(4)9-6-5-8-15-14-7-10-17-13(3)11-14/h12-15H,5-11H2,1-4H3. The van der Waals surface area contributed by atoms with Crippen LogP contribution in [0.3, 0.4) is 0 Å². The van der Waals surface area contributed by atoms with Crippen LogP contribution in [0, 0.1) is 0 Å². The quantitative estimate of drug-likeness (QED) is 0.693. The first-order valence-corrected chi connectivity index (χ1v) is 7.15. The zero-order valence-electron chi connectivity index (χ0n) is 12.0. The van der Waals surface area contributed by atoms with Crippen molar-refractivity contribution in [3.05, 3.63) is 0 Å². The van der Waals surface area contributed by atoms with Gasteiger partial charge in [0.25, 0.3) is 0 Å². The molecule has 1 fully saturated rings. The maximum absolute atomic E-state index is 5.55. The number of unbranched alkanes of at least 4 members (excludes halogenated alkanes) is 1. The van der Waals surface area contributed by atoms with Crippen molar-refractivity contribution in [2.75, 3.05) is 26.7 Å². The Balaban J connectivity index is 1.97. The van der Waals surface area contributed by atoms with Crippen molar-refractivity contribution in [1.82, 2.24) is 10.2 Å². The largest absolute Gasteiger partial charge is 0.378 e. The van der Waals surface area contributed by atoms with Gasteiger partial charge in [0.05, 0.1) is 6.10 Å². The van der Waals surface area contributed by atoms with Crippen LogP contribution in [0.4, 0.5) is 0 Å². The zero-order valence-corrected chi connectivity index (χ0v) is 12.0. The molecule has 0 radical (unpaired) electrons. The van der Waals surface area contributed by atoms with E-state index >= 15 is 0 Å². The zero-order chi connectivity index (χ0) is 12.7. The highest BCUT2D eigenvalue weighted by Gasteiger charge is 2.18. The minimum Gasteiger partial charge on any atom is -0.378 e. The average molecular weight is 242 g/mol. The topological polar surface area (TPSA) is 24.5 Å². The van der Waals surface area contributed by atoms with E-state index in [-0.39, 0.29) is 0 Å².